The third kappa shape index (κ3) is 5.98. The van der Waals surface area contributed by atoms with Crippen molar-refractivity contribution in [3.8, 4) is 0 Å². The van der Waals surface area contributed by atoms with E-state index in [0.717, 1.165) is 6.54 Å². The average molecular weight is 281 g/mol. The third-order valence-electron chi connectivity index (χ3n) is 3.12. The van der Waals surface area contributed by atoms with Gasteiger partial charge in [-0.15, -0.1) is 12.4 Å². The Kier molecular flexibility index (Phi) is 7.52. The number of halogens is 1. The Bertz CT molecular complexity index is 237. The SMILES string of the molecule is CC(C)(C)[C@H](N)C(=O)NCC1CCSCC1.Cl. The van der Waals surface area contributed by atoms with E-state index in [0.29, 0.717) is 5.92 Å². The standard InChI is InChI=1S/C12H24N2OS.ClH/c1-12(2,3)10(13)11(15)14-8-9-4-6-16-7-5-9;/h9-10H,4-8,13H2,1-3H3,(H,14,15);1H/t10-;/m1./s1. The minimum atomic E-state index is -0.412. The second kappa shape index (κ2) is 7.49. The van der Waals surface area contributed by atoms with Gasteiger partial charge in [-0.3, -0.25) is 4.79 Å². The van der Waals surface area contributed by atoms with E-state index in [9.17, 15) is 4.79 Å². The van der Waals surface area contributed by atoms with Crippen LogP contribution in [-0.4, -0.2) is 30.0 Å². The van der Waals surface area contributed by atoms with Crippen molar-refractivity contribution >= 4 is 30.1 Å². The number of thioether (sulfide) groups is 1. The molecule has 5 heteroatoms. The van der Waals surface area contributed by atoms with Gasteiger partial charge in [-0.25, -0.2) is 0 Å². The molecule has 1 aliphatic rings. The number of hydrogen-bond donors (Lipinski definition) is 2. The Morgan fingerprint density at radius 3 is 2.41 bits per heavy atom. The van der Waals surface area contributed by atoms with E-state index in [-0.39, 0.29) is 23.7 Å². The Morgan fingerprint density at radius 2 is 1.94 bits per heavy atom. The fraction of sp³-hybridized carbons (Fsp3) is 0.917. The molecule has 1 fully saturated rings. The van der Waals surface area contributed by atoms with Crippen molar-refractivity contribution in [3.63, 3.8) is 0 Å². The smallest absolute Gasteiger partial charge is 0.237 e. The molecule has 1 saturated heterocycles. The van der Waals surface area contributed by atoms with E-state index < -0.39 is 6.04 Å². The lowest BCUT2D eigenvalue weighted by Gasteiger charge is -2.27. The highest BCUT2D eigenvalue weighted by Crippen LogP contribution is 2.22. The molecule has 0 bridgehead atoms. The molecule has 3 nitrogen and oxygen atoms in total. The van der Waals surface area contributed by atoms with Gasteiger partial charge in [-0.05, 0) is 35.7 Å². The highest BCUT2D eigenvalue weighted by molar-refractivity contribution is 7.99. The zero-order valence-electron chi connectivity index (χ0n) is 11.0. The second-order valence-electron chi connectivity index (χ2n) is 5.64. The fourth-order valence-corrected chi connectivity index (χ4v) is 2.90. The highest BCUT2D eigenvalue weighted by atomic mass is 35.5. The Morgan fingerprint density at radius 1 is 1.41 bits per heavy atom. The van der Waals surface area contributed by atoms with Crippen LogP contribution in [0.15, 0.2) is 0 Å². The Hall–Kier alpha value is 0.0700. The summed E-state index contributed by atoms with van der Waals surface area (Å²) in [5, 5.41) is 2.99. The van der Waals surface area contributed by atoms with Crippen molar-refractivity contribution in [1.82, 2.24) is 5.32 Å². The molecule has 102 valence electrons. The first kappa shape index (κ1) is 17.1. The topological polar surface area (TPSA) is 55.1 Å². The predicted octanol–water partition coefficient (Wildman–Crippen LogP) is 2.04. The first-order chi connectivity index (χ1) is 7.41. The number of nitrogens with two attached hydrogens (primary N) is 1. The summed E-state index contributed by atoms with van der Waals surface area (Å²) in [5.41, 5.74) is 5.73. The third-order valence-corrected chi connectivity index (χ3v) is 4.17. The normalized spacial score (nSPS) is 19.3. The summed E-state index contributed by atoms with van der Waals surface area (Å²) in [5.74, 6) is 3.10. The van der Waals surface area contributed by atoms with Crippen LogP contribution in [0, 0.1) is 11.3 Å². The largest absolute Gasteiger partial charge is 0.354 e. The highest BCUT2D eigenvalue weighted by Gasteiger charge is 2.27. The molecule has 0 aromatic heterocycles. The maximum Gasteiger partial charge on any atom is 0.237 e. The average Bonchev–Trinajstić information content (AvgIpc) is 2.25. The van der Waals surface area contributed by atoms with Gasteiger partial charge in [0.25, 0.3) is 0 Å². The van der Waals surface area contributed by atoms with Crippen molar-refractivity contribution in [2.24, 2.45) is 17.1 Å². The lowest BCUT2D eigenvalue weighted by molar-refractivity contribution is -0.124. The van der Waals surface area contributed by atoms with Gasteiger partial charge in [0.15, 0.2) is 0 Å². The number of rotatable bonds is 3. The lowest BCUT2D eigenvalue weighted by Crippen LogP contribution is -2.49. The van der Waals surface area contributed by atoms with Gasteiger partial charge in [-0.1, -0.05) is 20.8 Å². The van der Waals surface area contributed by atoms with Crippen molar-refractivity contribution in [3.05, 3.63) is 0 Å². The van der Waals surface area contributed by atoms with Crippen LogP contribution in [-0.2, 0) is 4.79 Å². The Labute approximate surface area is 115 Å². The molecule has 17 heavy (non-hydrogen) atoms. The molecule has 0 aromatic carbocycles. The number of nitrogens with one attached hydrogen (secondary N) is 1. The van der Waals surface area contributed by atoms with Gasteiger partial charge in [0.2, 0.25) is 5.91 Å². The quantitative estimate of drug-likeness (QED) is 0.832. The van der Waals surface area contributed by atoms with E-state index in [1.165, 1.54) is 24.3 Å². The summed E-state index contributed by atoms with van der Waals surface area (Å²) in [4.78, 5) is 11.8. The molecular formula is C12H25ClN2OS. The van der Waals surface area contributed by atoms with Crippen molar-refractivity contribution in [1.29, 1.82) is 0 Å². The molecule has 0 radical (unpaired) electrons. The maximum absolute atomic E-state index is 11.8. The number of carbonyl (C=O) groups excluding carboxylic acids is 1. The molecule has 1 rings (SSSR count). The first-order valence-electron chi connectivity index (χ1n) is 6.02. The van der Waals surface area contributed by atoms with Crippen LogP contribution in [0.25, 0.3) is 0 Å². The first-order valence-corrected chi connectivity index (χ1v) is 7.18. The van der Waals surface area contributed by atoms with Gasteiger partial charge in [0.05, 0.1) is 6.04 Å². The van der Waals surface area contributed by atoms with E-state index >= 15 is 0 Å². The summed E-state index contributed by atoms with van der Waals surface area (Å²) in [6.45, 7) is 6.78. The van der Waals surface area contributed by atoms with Crippen LogP contribution in [0.4, 0.5) is 0 Å². The molecule has 0 unspecified atom stereocenters. The molecule has 0 spiro atoms. The number of hydrogen-bond acceptors (Lipinski definition) is 3. The van der Waals surface area contributed by atoms with E-state index in [4.69, 9.17) is 5.73 Å². The van der Waals surface area contributed by atoms with Crippen LogP contribution in [0.5, 0.6) is 0 Å². The molecule has 0 aliphatic carbocycles. The van der Waals surface area contributed by atoms with E-state index in [1.54, 1.807) is 0 Å². The summed E-state index contributed by atoms with van der Waals surface area (Å²) >= 11 is 2.01. The molecule has 3 N–H and O–H groups in total. The summed E-state index contributed by atoms with van der Waals surface area (Å²) in [7, 11) is 0. The van der Waals surface area contributed by atoms with Gasteiger partial charge in [0.1, 0.15) is 0 Å². The van der Waals surface area contributed by atoms with Crippen molar-refractivity contribution in [2.75, 3.05) is 18.1 Å². The molecule has 0 aromatic rings. The van der Waals surface area contributed by atoms with Gasteiger partial charge in [0, 0.05) is 6.54 Å². The molecule has 1 heterocycles. The summed E-state index contributed by atoms with van der Waals surface area (Å²) in [6, 6.07) is -0.412. The second-order valence-corrected chi connectivity index (χ2v) is 6.87. The van der Waals surface area contributed by atoms with Crippen LogP contribution in [0.3, 0.4) is 0 Å². The fourth-order valence-electron chi connectivity index (χ4n) is 1.70. The maximum atomic E-state index is 11.8. The molecule has 1 atom stereocenters. The van der Waals surface area contributed by atoms with Gasteiger partial charge < -0.3 is 11.1 Å². The van der Waals surface area contributed by atoms with E-state index in [1.807, 2.05) is 32.5 Å². The zero-order chi connectivity index (χ0) is 12.2. The van der Waals surface area contributed by atoms with E-state index in [2.05, 4.69) is 5.32 Å². The minimum Gasteiger partial charge on any atom is -0.354 e. The molecule has 1 aliphatic heterocycles. The molecule has 0 saturated carbocycles. The summed E-state index contributed by atoms with van der Waals surface area (Å²) < 4.78 is 0. The van der Waals surface area contributed by atoms with Crippen molar-refractivity contribution in [2.45, 2.75) is 39.7 Å². The summed E-state index contributed by atoms with van der Waals surface area (Å²) in [6.07, 6.45) is 2.44. The van der Waals surface area contributed by atoms with Crippen molar-refractivity contribution < 1.29 is 4.79 Å². The number of amides is 1. The van der Waals surface area contributed by atoms with Gasteiger partial charge >= 0.3 is 0 Å². The van der Waals surface area contributed by atoms with Crippen LogP contribution in [0.2, 0.25) is 0 Å². The molecule has 1 amide bonds. The van der Waals surface area contributed by atoms with Crippen LogP contribution in [0.1, 0.15) is 33.6 Å². The number of carbonyl (C=O) groups is 1. The minimum absolute atomic E-state index is 0. The van der Waals surface area contributed by atoms with Crippen LogP contribution >= 0.6 is 24.2 Å². The lowest BCUT2D eigenvalue weighted by atomic mass is 9.87. The zero-order valence-corrected chi connectivity index (χ0v) is 12.6. The monoisotopic (exact) mass is 280 g/mol. The van der Waals surface area contributed by atoms with Gasteiger partial charge in [-0.2, -0.15) is 11.8 Å². The predicted molar refractivity (Wildman–Crippen MR) is 77.7 cm³/mol. The Balaban J connectivity index is 0.00000256. The van der Waals surface area contributed by atoms with Crippen LogP contribution < -0.4 is 11.1 Å². The molecular weight excluding hydrogens is 256 g/mol.